The van der Waals surface area contributed by atoms with E-state index in [1.807, 2.05) is 12.1 Å². The smallest absolute Gasteiger partial charge is 0.317 e. The van der Waals surface area contributed by atoms with Gasteiger partial charge in [0.05, 0.1) is 0 Å². The summed E-state index contributed by atoms with van der Waals surface area (Å²) in [5.41, 5.74) is 1.78. The largest absolute Gasteiger partial charge is 0.352 e. The first-order valence-electron chi connectivity index (χ1n) is 9.16. The minimum absolute atomic E-state index is 0.0249. The summed E-state index contributed by atoms with van der Waals surface area (Å²) in [6, 6.07) is 8.80. The minimum Gasteiger partial charge on any atom is -0.352 e. The highest BCUT2D eigenvalue weighted by Gasteiger charge is 2.27. The molecule has 0 bridgehead atoms. The Morgan fingerprint density at radius 1 is 1.11 bits per heavy atom. The summed E-state index contributed by atoms with van der Waals surface area (Å²) in [7, 11) is 0. The third-order valence-corrected chi connectivity index (χ3v) is 5.37. The van der Waals surface area contributed by atoms with Gasteiger partial charge in [-0.1, -0.05) is 35.3 Å². The number of halogens is 2. The van der Waals surface area contributed by atoms with Crippen LogP contribution >= 0.6 is 23.2 Å². The van der Waals surface area contributed by atoms with Crippen molar-refractivity contribution in [3.63, 3.8) is 0 Å². The van der Waals surface area contributed by atoms with E-state index < -0.39 is 0 Å². The number of nitrogens with zero attached hydrogens (tertiary/aromatic N) is 2. The van der Waals surface area contributed by atoms with E-state index in [0.29, 0.717) is 49.1 Å². The van der Waals surface area contributed by atoms with Crippen LogP contribution in [-0.4, -0.2) is 34.9 Å². The zero-order chi connectivity index (χ0) is 19.9. The lowest BCUT2D eigenvalue weighted by Gasteiger charge is -2.31. The van der Waals surface area contributed by atoms with Crippen LogP contribution in [0.25, 0.3) is 0 Å². The molecule has 1 aliphatic rings. The lowest BCUT2D eigenvalue weighted by atomic mass is 9.96. The number of aromatic nitrogens is 1. The summed E-state index contributed by atoms with van der Waals surface area (Å²) >= 11 is 12.0. The topological polar surface area (TPSA) is 74.3 Å². The van der Waals surface area contributed by atoms with Crippen LogP contribution in [0.1, 0.15) is 24.0 Å². The molecule has 0 unspecified atom stereocenters. The summed E-state index contributed by atoms with van der Waals surface area (Å²) < 4.78 is 0. The molecule has 1 fully saturated rings. The molecule has 1 aromatic carbocycles. The Morgan fingerprint density at radius 3 is 2.57 bits per heavy atom. The molecule has 1 aromatic heterocycles. The van der Waals surface area contributed by atoms with Crippen LogP contribution < -0.4 is 10.6 Å². The molecule has 1 aliphatic heterocycles. The number of urea groups is 1. The first kappa shape index (κ1) is 20.4. The molecule has 148 valence electrons. The van der Waals surface area contributed by atoms with E-state index in [1.54, 1.807) is 35.5 Å². The van der Waals surface area contributed by atoms with E-state index in [-0.39, 0.29) is 17.9 Å². The predicted octanol–water partition coefficient (Wildman–Crippen LogP) is 3.63. The zero-order valence-corrected chi connectivity index (χ0v) is 16.8. The molecule has 3 rings (SSSR count). The number of pyridine rings is 1. The molecule has 28 heavy (non-hydrogen) atoms. The number of likely N-dealkylation sites (tertiary alicyclic amines) is 1. The van der Waals surface area contributed by atoms with Crippen molar-refractivity contribution < 1.29 is 9.59 Å². The Bertz CT molecular complexity index is 824. The van der Waals surface area contributed by atoms with Gasteiger partial charge in [-0.3, -0.25) is 9.78 Å². The number of amides is 3. The molecule has 0 radical (unpaired) electrons. The second kappa shape index (κ2) is 9.75. The number of carbonyl (C=O) groups is 2. The normalized spacial score (nSPS) is 14.6. The maximum absolute atomic E-state index is 12.4. The van der Waals surface area contributed by atoms with Crippen molar-refractivity contribution in [3.8, 4) is 0 Å². The first-order valence-corrected chi connectivity index (χ1v) is 9.92. The van der Waals surface area contributed by atoms with Gasteiger partial charge in [0.1, 0.15) is 0 Å². The summed E-state index contributed by atoms with van der Waals surface area (Å²) in [5.74, 6) is -0.0525. The highest BCUT2D eigenvalue weighted by atomic mass is 35.5. The Labute approximate surface area is 174 Å². The molecule has 1 saturated heterocycles. The van der Waals surface area contributed by atoms with Crippen LogP contribution in [0.5, 0.6) is 0 Å². The highest BCUT2D eigenvalue weighted by molar-refractivity contribution is 6.35. The van der Waals surface area contributed by atoms with E-state index in [2.05, 4.69) is 15.6 Å². The summed E-state index contributed by atoms with van der Waals surface area (Å²) in [6.45, 7) is 1.89. The van der Waals surface area contributed by atoms with Crippen molar-refractivity contribution in [2.45, 2.75) is 25.9 Å². The van der Waals surface area contributed by atoms with Gasteiger partial charge in [0, 0.05) is 54.5 Å². The van der Waals surface area contributed by atoms with Gasteiger partial charge >= 0.3 is 6.03 Å². The second-order valence-corrected chi connectivity index (χ2v) is 7.58. The number of benzene rings is 1. The summed E-state index contributed by atoms with van der Waals surface area (Å²) in [5, 5.41) is 6.90. The molecule has 2 heterocycles. The van der Waals surface area contributed by atoms with Gasteiger partial charge in [0.15, 0.2) is 0 Å². The van der Waals surface area contributed by atoms with E-state index in [4.69, 9.17) is 23.2 Å². The lowest BCUT2D eigenvalue weighted by molar-refractivity contribution is -0.126. The molecule has 2 aromatic rings. The molecule has 0 aliphatic carbocycles. The fourth-order valence-electron chi connectivity index (χ4n) is 3.13. The maximum atomic E-state index is 12.4. The quantitative estimate of drug-likeness (QED) is 0.775. The van der Waals surface area contributed by atoms with Gasteiger partial charge in [-0.15, -0.1) is 0 Å². The monoisotopic (exact) mass is 420 g/mol. The van der Waals surface area contributed by atoms with E-state index in [9.17, 15) is 9.59 Å². The number of rotatable bonds is 5. The van der Waals surface area contributed by atoms with Gasteiger partial charge in [0.25, 0.3) is 0 Å². The third-order valence-electron chi connectivity index (χ3n) is 4.79. The Kier molecular flexibility index (Phi) is 7.12. The molecule has 2 N–H and O–H groups in total. The Hall–Kier alpha value is -2.31. The zero-order valence-electron chi connectivity index (χ0n) is 15.3. The molecular weight excluding hydrogens is 399 g/mol. The van der Waals surface area contributed by atoms with Gasteiger partial charge in [-0.2, -0.15) is 0 Å². The van der Waals surface area contributed by atoms with Crippen LogP contribution in [0, 0.1) is 5.92 Å². The average molecular weight is 421 g/mol. The van der Waals surface area contributed by atoms with E-state index in [1.165, 1.54) is 0 Å². The SMILES string of the molecule is O=C(NCc1cccnc1)C1CCN(C(=O)NCc2ccc(Cl)cc2Cl)CC1. The molecule has 0 spiro atoms. The summed E-state index contributed by atoms with van der Waals surface area (Å²) in [4.78, 5) is 30.5. The Balaban J connectivity index is 1.41. The van der Waals surface area contributed by atoms with Crippen LogP contribution in [0.4, 0.5) is 4.79 Å². The number of piperidine rings is 1. The Morgan fingerprint density at radius 2 is 1.89 bits per heavy atom. The predicted molar refractivity (Wildman–Crippen MR) is 109 cm³/mol. The van der Waals surface area contributed by atoms with Crippen molar-refractivity contribution in [2.24, 2.45) is 5.92 Å². The van der Waals surface area contributed by atoms with E-state index in [0.717, 1.165) is 11.1 Å². The van der Waals surface area contributed by atoms with Gasteiger partial charge in [-0.05, 0) is 42.2 Å². The number of nitrogens with one attached hydrogen (secondary N) is 2. The number of hydrogen-bond acceptors (Lipinski definition) is 3. The van der Waals surface area contributed by atoms with Gasteiger partial charge in [-0.25, -0.2) is 4.79 Å². The van der Waals surface area contributed by atoms with Gasteiger partial charge in [0.2, 0.25) is 5.91 Å². The fraction of sp³-hybridized carbons (Fsp3) is 0.350. The lowest BCUT2D eigenvalue weighted by Crippen LogP contribution is -2.46. The first-order chi connectivity index (χ1) is 13.5. The molecule has 6 nitrogen and oxygen atoms in total. The standard InChI is InChI=1S/C20H22Cl2N4O2/c21-17-4-3-16(18(22)10-17)13-25-20(28)26-8-5-15(6-9-26)19(27)24-12-14-2-1-7-23-11-14/h1-4,7,10-11,15H,5-6,8-9,12-13H2,(H,24,27)(H,25,28). The molecule has 3 amide bonds. The van der Waals surface area contributed by atoms with Crippen molar-refractivity contribution in [1.29, 1.82) is 0 Å². The number of carbonyl (C=O) groups excluding carboxylic acids is 2. The van der Waals surface area contributed by atoms with Crippen LogP contribution in [-0.2, 0) is 17.9 Å². The van der Waals surface area contributed by atoms with E-state index >= 15 is 0 Å². The molecule has 8 heteroatoms. The minimum atomic E-state index is -0.153. The molecular formula is C20H22Cl2N4O2. The van der Waals surface area contributed by atoms with Crippen molar-refractivity contribution in [2.75, 3.05) is 13.1 Å². The second-order valence-electron chi connectivity index (χ2n) is 6.73. The van der Waals surface area contributed by atoms with Crippen LogP contribution in [0.3, 0.4) is 0 Å². The van der Waals surface area contributed by atoms with Crippen molar-refractivity contribution >= 4 is 35.1 Å². The fourth-order valence-corrected chi connectivity index (χ4v) is 3.60. The molecule has 0 atom stereocenters. The van der Waals surface area contributed by atoms with Gasteiger partial charge < -0.3 is 15.5 Å². The maximum Gasteiger partial charge on any atom is 0.317 e. The third kappa shape index (κ3) is 5.59. The van der Waals surface area contributed by atoms with Crippen LogP contribution in [0.15, 0.2) is 42.7 Å². The van der Waals surface area contributed by atoms with Crippen molar-refractivity contribution in [1.82, 2.24) is 20.5 Å². The van der Waals surface area contributed by atoms with Crippen LogP contribution in [0.2, 0.25) is 10.0 Å². The highest BCUT2D eigenvalue weighted by Crippen LogP contribution is 2.21. The average Bonchev–Trinajstić information content (AvgIpc) is 2.72. The van der Waals surface area contributed by atoms with Crippen molar-refractivity contribution in [3.05, 3.63) is 63.9 Å². The molecule has 0 saturated carbocycles. The number of hydrogen-bond donors (Lipinski definition) is 2. The summed E-state index contributed by atoms with van der Waals surface area (Å²) in [6.07, 6.45) is 4.73.